The van der Waals surface area contributed by atoms with Crippen molar-refractivity contribution >= 4 is 49.7 Å². The second-order valence-electron chi connectivity index (χ2n) is 7.22. The summed E-state index contributed by atoms with van der Waals surface area (Å²) in [6, 6.07) is 23.9. The molecule has 8 heteroatoms. The fraction of sp³-hybridized carbons (Fsp3) is 0.0800. The molecule has 168 valence electrons. The van der Waals surface area contributed by atoms with Gasteiger partial charge in [0, 0.05) is 16.9 Å². The third-order valence-electron chi connectivity index (χ3n) is 4.91. The van der Waals surface area contributed by atoms with Crippen molar-refractivity contribution in [1.29, 1.82) is 0 Å². The van der Waals surface area contributed by atoms with E-state index in [2.05, 4.69) is 10.0 Å². The van der Waals surface area contributed by atoms with Gasteiger partial charge in [0.15, 0.2) is 0 Å². The molecule has 33 heavy (non-hydrogen) atoms. The van der Waals surface area contributed by atoms with Crippen LogP contribution in [0, 0.1) is 0 Å². The number of carbonyl (C=O) groups is 1. The monoisotopic (exact) mass is 480 g/mol. The van der Waals surface area contributed by atoms with Gasteiger partial charge in [-0.15, -0.1) is 0 Å². The molecule has 4 rings (SSSR count). The molecule has 0 aliphatic rings. The molecule has 0 aromatic heterocycles. The van der Waals surface area contributed by atoms with Gasteiger partial charge >= 0.3 is 0 Å². The van der Waals surface area contributed by atoms with Gasteiger partial charge in [-0.25, -0.2) is 8.42 Å². The number of nitrogens with one attached hydrogen (secondary N) is 2. The molecule has 0 spiro atoms. The first kappa shape index (κ1) is 22.6. The van der Waals surface area contributed by atoms with Crippen molar-refractivity contribution in [2.24, 2.45) is 0 Å². The Morgan fingerprint density at radius 2 is 1.58 bits per heavy atom. The molecule has 2 N–H and O–H groups in total. The van der Waals surface area contributed by atoms with Crippen molar-refractivity contribution in [2.75, 3.05) is 16.6 Å². The Balaban J connectivity index is 1.55. The van der Waals surface area contributed by atoms with E-state index in [1.165, 1.54) is 12.1 Å². The molecule has 0 atom stereocenters. The number of rotatable bonds is 7. The highest BCUT2D eigenvalue weighted by molar-refractivity contribution is 7.92. The Bertz CT molecular complexity index is 1420. The van der Waals surface area contributed by atoms with Crippen molar-refractivity contribution in [3.05, 3.63) is 95.5 Å². The third-order valence-corrected chi connectivity index (χ3v) is 6.77. The molecule has 0 saturated heterocycles. The van der Waals surface area contributed by atoms with Crippen LogP contribution >= 0.6 is 11.6 Å². The molecule has 0 radical (unpaired) electrons. The molecule has 0 fully saturated rings. The van der Waals surface area contributed by atoms with Gasteiger partial charge < -0.3 is 10.1 Å². The highest BCUT2D eigenvalue weighted by Gasteiger charge is 2.20. The number of ether oxygens (including phenoxy) is 1. The van der Waals surface area contributed by atoms with E-state index in [-0.39, 0.29) is 15.8 Å². The molecular weight excluding hydrogens is 460 g/mol. The van der Waals surface area contributed by atoms with Crippen molar-refractivity contribution in [2.45, 2.75) is 11.8 Å². The van der Waals surface area contributed by atoms with Crippen LogP contribution < -0.4 is 14.8 Å². The topological polar surface area (TPSA) is 84.5 Å². The molecule has 6 nitrogen and oxygen atoms in total. The molecule has 0 heterocycles. The molecule has 0 aliphatic heterocycles. The van der Waals surface area contributed by atoms with Gasteiger partial charge in [-0.05, 0) is 72.3 Å². The minimum absolute atomic E-state index is 0.0390. The molecule has 1 amide bonds. The number of fused-ring (bicyclic) bond motifs is 1. The van der Waals surface area contributed by atoms with E-state index in [9.17, 15) is 13.2 Å². The van der Waals surface area contributed by atoms with Crippen molar-refractivity contribution in [3.8, 4) is 5.75 Å². The van der Waals surface area contributed by atoms with Gasteiger partial charge in [0.1, 0.15) is 10.6 Å². The number of sulfonamides is 1. The number of halogens is 1. The first-order valence-corrected chi connectivity index (χ1v) is 12.1. The lowest BCUT2D eigenvalue weighted by molar-refractivity contribution is 0.102. The smallest absolute Gasteiger partial charge is 0.263 e. The maximum atomic E-state index is 12.9. The van der Waals surface area contributed by atoms with Crippen molar-refractivity contribution in [3.63, 3.8) is 0 Å². The van der Waals surface area contributed by atoms with Crippen molar-refractivity contribution in [1.82, 2.24) is 0 Å². The first-order chi connectivity index (χ1) is 15.9. The van der Waals surface area contributed by atoms with Crippen LogP contribution in [0.4, 0.5) is 11.4 Å². The van der Waals surface area contributed by atoms with Gasteiger partial charge in [0.25, 0.3) is 15.9 Å². The average molecular weight is 481 g/mol. The zero-order valence-electron chi connectivity index (χ0n) is 17.7. The van der Waals surface area contributed by atoms with Gasteiger partial charge in [-0.3, -0.25) is 9.52 Å². The summed E-state index contributed by atoms with van der Waals surface area (Å²) in [5.41, 5.74) is 1.13. The van der Waals surface area contributed by atoms with Crippen LogP contribution in [-0.4, -0.2) is 20.9 Å². The Labute approximate surface area is 197 Å². The van der Waals surface area contributed by atoms with Crippen LogP contribution in [0.15, 0.2) is 89.8 Å². The Hall–Kier alpha value is -3.55. The van der Waals surface area contributed by atoms with E-state index in [0.717, 1.165) is 10.8 Å². The Morgan fingerprint density at radius 3 is 2.30 bits per heavy atom. The highest BCUT2D eigenvalue weighted by Crippen LogP contribution is 2.28. The van der Waals surface area contributed by atoms with E-state index < -0.39 is 10.0 Å². The summed E-state index contributed by atoms with van der Waals surface area (Å²) in [5, 5.41) is 4.74. The minimum Gasteiger partial charge on any atom is -0.494 e. The quantitative estimate of drug-likeness (QED) is 0.342. The van der Waals surface area contributed by atoms with Crippen LogP contribution in [0.2, 0.25) is 5.02 Å². The van der Waals surface area contributed by atoms with Crippen LogP contribution in [0.3, 0.4) is 0 Å². The summed E-state index contributed by atoms with van der Waals surface area (Å²) >= 11 is 6.18. The minimum atomic E-state index is -3.99. The van der Waals surface area contributed by atoms with E-state index in [0.29, 0.717) is 29.3 Å². The van der Waals surface area contributed by atoms with Crippen molar-refractivity contribution < 1.29 is 17.9 Å². The summed E-state index contributed by atoms with van der Waals surface area (Å²) in [4.78, 5) is 12.6. The third kappa shape index (κ3) is 5.27. The SMILES string of the molecule is CCOc1ccc(NS(=O)(=O)c2cc(NC(=O)c3ccc4ccccc4c3)ccc2Cl)cc1. The van der Waals surface area contributed by atoms with E-state index in [1.54, 1.807) is 42.5 Å². The Kier molecular flexibility index (Phi) is 6.53. The normalized spacial score (nSPS) is 11.2. The number of carbonyl (C=O) groups excluding carboxylic acids is 1. The second kappa shape index (κ2) is 9.52. The Morgan fingerprint density at radius 1 is 0.879 bits per heavy atom. The zero-order chi connectivity index (χ0) is 23.4. The standard InChI is InChI=1S/C25H21ClN2O4S/c1-2-32-22-12-9-20(10-13-22)28-33(30,31)24-16-21(11-14-23(24)26)27-25(29)19-8-7-17-5-3-4-6-18(17)15-19/h3-16,28H,2H2,1H3,(H,27,29). The lowest BCUT2D eigenvalue weighted by atomic mass is 10.1. The molecule has 0 unspecified atom stereocenters. The number of hydrogen-bond donors (Lipinski definition) is 2. The van der Waals surface area contributed by atoms with Gasteiger partial charge in [0.2, 0.25) is 0 Å². The van der Waals surface area contributed by atoms with Crippen LogP contribution in [0.1, 0.15) is 17.3 Å². The van der Waals surface area contributed by atoms with E-state index in [1.807, 2.05) is 37.3 Å². The van der Waals surface area contributed by atoms with Crippen LogP contribution in [0.5, 0.6) is 5.75 Å². The maximum absolute atomic E-state index is 12.9. The summed E-state index contributed by atoms with van der Waals surface area (Å²) < 4.78 is 33.8. The molecule has 0 bridgehead atoms. The maximum Gasteiger partial charge on any atom is 0.263 e. The summed E-state index contributed by atoms with van der Waals surface area (Å²) in [6.07, 6.45) is 0. The fourth-order valence-corrected chi connectivity index (χ4v) is 4.90. The van der Waals surface area contributed by atoms with Gasteiger partial charge in [-0.2, -0.15) is 0 Å². The lowest BCUT2D eigenvalue weighted by Crippen LogP contribution is -2.15. The molecule has 0 aliphatic carbocycles. The first-order valence-electron chi connectivity index (χ1n) is 10.2. The summed E-state index contributed by atoms with van der Waals surface area (Å²) in [7, 11) is -3.99. The summed E-state index contributed by atoms with van der Waals surface area (Å²) in [5.74, 6) is 0.280. The fourth-order valence-electron chi connectivity index (χ4n) is 3.32. The molecule has 0 saturated carbocycles. The molecular formula is C25H21ClN2O4S. The number of hydrogen-bond acceptors (Lipinski definition) is 4. The number of anilines is 2. The average Bonchev–Trinajstić information content (AvgIpc) is 2.81. The van der Waals surface area contributed by atoms with Gasteiger partial charge in [-0.1, -0.05) is 41.9 Å². The van der Waals surface area contributed by atoms with E-state index in [4.69, 9.17) is 16.3 Å². The van der Waals surface area contributed by atoms with Gasteiger partial charge in [0.05, 0.1) is 11.6 Å². The zero-order valence-corrected chi connectivity index (χ0v) is 19.3. The largest absolute Gasteiger partial charge is 0.494 e. The predicted molar refractivity (Wildman–Crippen MR) is 132 cm³/mol. The number of amides is 1. The predicted octanol–water partition coefficient (Wildman–Crippen LogP) is 5.95. The second-order valence-corrected chi connectivity index (χ2v) is 9.28. The van der Waals surface area contributed by atoms with Crippen LogP contribution in [0.25, 0.3) is 10.8 Å². The van der Waals surface area contributed by atoms with E-state index >= 15 is 0 Å². The molecule has 4 aromatic carbocycles. The highest BCUT2D eigenvalue weighted by atomic mass is 35.5. The lowest BCUT2D eigenvalue weighted by Gasteiger charge is -2.12. The number of benzene rings is 4. The summed E-state index contributed by atoms with van der Waals surface area (Å²) in [6.45, 7) is 2.38. The van der Waals surface area contributed by atoms with Crippen LogP contribution in [-0.2, 0) is 10.0 Å². The molecule has 4 aromatic rings.